The predicted octanol–water partition coefficient (Wildman–Crippen LogP) is 0.864. The second kappa shape index (κ2) is 5.29. The Morgan fingerprint density at radius 2 is 2.06 bits per heavy atom. The number of rotatable bonds is 3. The topological polar surface area (TPSA) is 70.1 Å². The van der Waals surface area contributed by atoms with Gasteiger partial charge in [-0.15, -0.1) is 0 Å². The van der Waals surface area contributed by atoms with Gasteiger partial charge in [0.2, 0.25) is 5.91 Å². The van der Waals surface area contributed by atoms with E-state index in [1.165, 1.54) is 0 Å². The second-order valence-electron chi connectivity index (χ2n) is 3.79. The van der Waals surface area contributed by atoms with Crippen LogP contribution in [-0.2, 0) is 11.3 Å². The molecule has 1 aromatic carbocycles. The van der Waals surface area contributed by atoms with E-state index in [0.717, 1.165) is 5.56 Å². The van der Waals surface area contributed by atoms with E-state index in [2.05, 4.69) is 0 Å². The molecule has 4 nitrogen and oxygen atoms in total. The van der Waals surface area contributed by atoms with Gasteiger partial charge in [0.05, 0.1) is 17.7 Å². The minimum atomic E-state index is -0.483. The SMILES string of the molecule is C[C@H](N)C(=O)N(C)Cc1ccc(C#N)cc1. The summed E-state index contributed by atoms with van der Waals surface area (Å²) in [7, 11) is 1.71. The first-order chi connectivity index (χ1) is 7.54. The summed E-state index contributed by atoms with van der Waals surface area (Å²) < 4.78 is 0. The van der Waals surface area contributed by atoms with Crippen molar-refractivity contribution in [3.05, 3.63) is 35.4 Å². The Hall–Kier alpha value is -1.86. The molecule has 2 N–H and O–H groups in total. The number of likely N-dealkylation sites (N-methyl/N-ethyl adjacent to an activating group) is 1. The van der Waals surface area contributed by atoms with Gasteiger partial charge in [0.25, 0.3) is 0 Å². The van der Waals surface area contributed by atoms with E-state index in [4.69, 9.17) is 11.0 Å². The summed E-state index contributed by atoms with van der Waals surface area (Å²) in [6, 6.07) is 8.71. The normalized spacial score (nSPS) is 11.6. The third-order valence-corrected chi connectivity index (χ3v) is 2.27. The van der Waals surface area contributed by atoms with E-state index in [-0.39, 0.29) is 5.91 Å². The molecule has 0 fully saturated rings. The van der Waals surface area contributed by atoms with Gasteiger partial charge in [-0.3, -0.25) is 4.79 Å². The molecule has 0 radical (unpaired) electrons. The zero-order valence-corrected chi connectivity index (χ0v) is 9.47. The molecule has 1 aromatic rings. The fraction of sp³-hybridized carbons (Fsp3) is 0.333. The minimum Gasteiger partial charge on any atom is -0.340 e. The van der Waals surface area contributed by atoms with E-state index in [1.54, 1.807) is 31.0 Å². The molecule has 84 valence electrons. The average molecular weight is 217 g/mol. The molecule has 0 aliphatic carbocycles. The maximum atomic E-state index is 11.5. The average Bonchev–Trinajstić information content (AvgIpc) is 2.28. The first-order valence-electron chi connectivity index (χ1n) is 5.04. The molecular weight excluding hydrogens is 202 g/mol. The van der Waals surface area contributed by atoms with Crippen LogP contribution in [0.2, 0.25) is 0 Å². The fourth-order valence-electron chi connectivity index (χ4n) is 1.38. The van der Waals surface area contributed by atoms with Crippen molar-refractivity contribution in [2.24, 2.45) is 5.73 Å². The van der Waals surface area contributed by atoms with Crippen LogP contribution in [0.5, 0.6) is 0 Å². The third-order valence-electron chi connectivity index (χ3n) is 2.27. The van der Waals surface area contributed by atoms with Crippen LogP contribution in [0.4, 0.5) is 0 Å². The highest BCUT2D eigenvalue weighted by Crippen LogP contribution is 2.06. The molecule has 0 aliphatic heterocycles. The van der Waals surface area contributed by atoms with Crippen LogP contribution in [0, 0.1) is 11.3 Å². The van der Waals surface area contributed by atoms with Crippen LogP contribution in [0.25, 0.3) is 0 Å². The number of hydrogen-bond donors (Lipinski definition) is 1. The molecule has 0 bridgehead atoms. The van der Waals surface area contributed by atoms with Crippen LogP contribution in [-0.4, -0.2) is 23.9 Å². The van der Waals surface area contributed by atoms with Gasteiger partial charge in [0.15, 0.2) is 0 Å². The van der Waals surface area contributed by atoms with Gasteiger partial charge >= 0.3 is 0 Å². The maximum Gasteiger partial charge on any atom is 0.239 e. The number of benzene rings is 1. The quantitative estimate of drug-likeness (QED) is 0.816. The van der Waals surface area contributed by atoms with Gasteiger partial charge in [-0.25, -0.2) is 0 Å². The number of carbonyl (C=O) groups is 1. The van der Waals surface area contributed by atoms with Gasteiger partial charge < -0.3 is 10.6 Å². The van der Waals surface area contributed by atoms with Gasteiger partial charge in [-0.1, -0.05) is 12.1 Å². The van der Waals surface area contributed by atoms with Crippen molar-refractivity contribution in [3.8, 4) is 6.07 Å². The predicted molar refractivity (Wildman–Crippen MR) is 61.3 cm³/mol. The maximum absolute atomic E-state index is 11.5. The van der Waals surface area contributed by atoms with Crippen molar-refractivity contribution in [2.45, 2.75) is 19.5 Å². The summed E-state index contributed by atoms with van der Waals surface area (Å²) in [6.07, 6.45) is 0. The summed E-state index contributed by atoms with van der Waals surface area (Å²) in [4.78, 5) is 13.1. The number of carbonyl (C=O) groups excluding carboxylic acids is 1. The van der Waals surface area contributed by atoms with Crippen molar-refractivity contribution in [1.29, 1.82) is 5.26 Å². The monoisotopic (exact) mass is 217 g/mol. The lowest BCUT2D eigenvalue weighted by atomic mass is 10.1. The van der Waals surface area contributed by atoms with Crippen molar-refractivity contribution in [1.82, 2.24) is 4.90 Å². The molecule has 0 saturated carbocycles. The number of amides is 1. The Labute approximate surface area is 95.3 Å². The highest BCUT2D eigenvalue weighted by molar-refractivity contribution is 5.80. The lowest BCUT2D eigenvalue weighted by Gasteiger charge is -2.19. The van der Waals surface area contributed by atoms with Crippen LogP contribution in [0.1, 0.15) is 18.1 Å². The van der Waals surface area contributed by atoms with Crippen LogP contribution in [0.15, 0.2) is 24.3 Å². The first kappa shape index (κ1) is 12.2. The minimum absolute atomic E-state index is 0.0932. The Kier molecular flexibility index (Phi) is 4.03. The molecule has 0 unspecified atom stereocenters. The summed E-state index contributed by atoms with van der Waals surface area (Å²) in [5.74, 6) is -0.0932. The number of nitrogens with zero attached hydrogens (tertiary/aromatic N) is 2. The van der Waals surface area contributed by atoms with Gasteiger partial charge in [0, 0.05) is 13.6 Å². The summed E-state index contributed by atoms with van der Waals surface area (Å²) in [6.45, 7) is 2.17. The second-order valence-corrected chi connectivity index (χ2v) is 3.79. The third kappa shape index (κ3) is 3.07. The number of hydrogen-bond acceptors (Lipinski definition) is 3. The van der Waals surface area contributed by atoms with Gasteiger partial charge in [-0.05, 0) is 24.6 Å². The molecule has 0 heterocycles. The van der Waals surface area contributed by atoms with E-state index >= 15 is 0 Å². The molecule has 0 spiro atoms. The van der Waals surface area contributed by atoms with Crippen LogP contribution >= 0.6 is 0 Å². The van der Waals surface area contributed by atoms with E-state index < -0.39 is 6.04 Å². The lowest BCUT2D eigenvalue weighted by Crippen LogP contribution is -2.39. The number of nitrogens with two attached hydrogens (primary N) is 1. The van der Waals surface area contributed by atoms with Gasteiger partial charge in [0.1, 0.15) is 0 Å². The summed E-state index contributed by atoms with van der Waals surface area (Å²) in [5.41, 5.74) is 7.10. The van der Waals surface area contributed by atoms with Crippen molar-refractivity contribution < 1.29 is 4.79 Å². The highest BCUT2D eigenvalue weighted by atomic mass is 16.2. The summed E-state index contributed by atoms with van der Waals surface area (Å²) >= 11 is 0. The largest absolute Gasteiger partial charge is 0.340 e. The number of nitriles is 1. The van der Waals surface area contributed by atoms with E-state index in [9.17, 15) is 4.79 Å². The first-order valence-corrected chi connectivity index (χ1v) is 5.04. The molecular formula is C12H15N3O. The zero-order valence-electron chi connectivity index (χ0n) is 9.47. The smallest absolute Gasteiger partial charge is 0.239 e. The fourth-order valence-corrected chi connectivity index (χ4v) is 1.38. The Balaban J connectivity index is 2.67. The van der Waals surface area contributed by atoms with Crippen molar-refractivity contribution >= 4 is 5.91 Å². The standard InChI is InChI=1S/C12H15N3O/c1-9(14)12(16)15(2)8-11-5-3-10(7-13)4-6-11/h3-6,9H,8,14H2,1-2H3/t9-/m0/s1. The Bertz CT molecular complexity index is 403. The Morgan fingerprint density at radius 1 is 1.50 bits per heavy atom. The molecule has 16 heavy (non-hydrogen) atoms. The van der Waals surface area contributed by atoms with Crippen molar-refractivity contribution in [3.63, 3.8) is 0 Å². The molecule has 1 atom stereocenters. The van der Waals surface area contributed by atoms with Gasteiger partial charge in [-0.2, -0.15) is 5.26 Å². The molecule has 0 aromatic heterocycles. The van der Waals surface area contributed by atoms with E-state index in [0.29, 0.717) is 12.1 Å². The molecule has 0 saturated heterocycles. The summed E-state index contributed by atoms with van der Waals surface area (Å²) in [5, 5.41) is 8.64. The molecule has 0 aliphatic rings. The molecule has 4 heteroatoms. The van der Waals surface area contributed by atoms with Crippen LogP contribution < -0.4 is 5.73 Å². The highest BCUT2D eigenvalue weighted by Gasteiger charge is 2.13. The van der Waals surface area contributed by atoms with Crippen molar-refractivity contribution in [2.75, 3.05) is 7.05 Å². The molecule has 1 amide bonds. The molecule has 1 rings (SSSR count). The Morgan fingerprint density at radius 3 is 2.50 bits per heavy atom. The zero-order chi connectivity index (χ0) is 12.1. The van der Waals surface area contributed by atoms with E-state index in [1.807, 2.05) is 18.2 Å². The lowest BCUT2D eigenvalue weighted by molar-refractivity contribution is -0.131. The van der Waals surface area contributed by atoms with Crippen LogP contribution in [0.3, 0.4) is 0 Å².